The van der Waals surface area contributed by atoms with E-state index in [1.807, 2.05) is 0 Å². The number of aliphatic hydroxyl groups excluding tert-OH is 1. The van der Waals surface area contributed by atoms with E-state index in [1.54, 1.807) is 20.8 Å². The molecule has 0 aromatic carbocycles. The molecule has 33 heavy (non-hydrogen) atoms. The highest BCUT2D eigenvalue weighted by Gasteiger charge is 2.80. The number of amides is 2. The third kappa shape index (κ3) is 2.91. The second kappa shape index (κ2) is 7.23. The number of fused-ring (bicyclic) bond motifs is 3. The van der Waals surface area contributed by atoms with Gasteiger partial charge in [0, 0.05) is 33.7 Å². The van der Waals surface area contributed by atoms with Crippen LogP contribution in [-0.2, 0) is 38.2 Å². The normalized spacial score (nSPS) is 41.4. The van der Waals surface area contributed by atoms with E-state index >= 15 is 0 Å². The predicted molar refractivity (Wildman–Crippen MR) is 109 cm³/mol. The summed E-state index contributed by atoms with van der Waals surface area (Å²) >= 11 is 0. The van der Waals surface area contributed by atoms with E-state index in [9.17, 15) is 29.1 Å². The molecule has 1 saturated carbocycles. The zero-order valence-corrected chi connectivity index (χ0v) is 19.6. The molecule has 182 valence electrons. The average Bonchev–Trinajstić information content (AvgIpc) is 3.20. The first-order valence-corrected chi connectivity index (χ1v) is 11.0. The van der Waals surface area contributed by atoms with Crippen LogP contribution in [-0.4, -0.2) is 99.6 Å². The highest BCUT2D eigenvalue weighted by Crippen LogP contribution is 2.59. The first kappa shape index (κ1) is 23.6. The summed E-state index contributed by atoms with van der Waals surface area (Å²) in [5.41, 5.74) is -4.24. The first-order valence-electron chi connectivity index (χ1n) is 11.0. The molecule has 11 heteroatoms. The van der Waals surface area contributed by atoms with Gasteiger partial charge in [-0.25, -0.2) is 0 Å². The Hall–Kier alpha value is -2.53. The third-order valence-corrected chi connectivity index (χ3v) is 7.92. The summed E-state index contributed by atoms with van der Waals surface area (Å²) in [6, 6.07) is -3.06. The van der Waals surface area contributed by atoms with Gasteiger partial charge in [-0.3, -0.25) is 24.0 Å². The van der Waals surface area contributed by atoms with Gasteiger partial charge in [0.15, 0.2) is 23.1 Å². The summed E-state index contributed by atoms with van der Waals surface area (Å²) < 4.78 is 17.7. The van der Waals surface area contributed by atoms with Crippen molar-refractivity contribution in [2.45, 2.75) is 89.0 Å². The van der Waals surface area contributed by atoms with Gasteiger partial charge in [0.2, 0.25) is 11.8 Å². The van der Waals surface area contributed by atoms with Gasteiger partial charge in [0.05, 0.1) is 24.2 Å². The first-order chi connectivity index (χ1) is 15.2. The molecule has 3 heterocycles. The molecule has 1 aliphatic carbocycles. The van der Waals surface area contributed by atoms with Crippen molar-refractivity contribution >= 4 is 29.5 Å². The Morgan fingerprint density at radius 3 is 2.24 bits per heavy atom. The van der Waals surface area contributed by atoms with Gasteiger partial charge in [0.25, 0.3) is 0 Å². The maximum atomic E-state index is 13.7. The lowest BCUT2D eigenvalue weighted by atomic mass is 9.76. The number of likely N-dealkylation sites (N-methyl/N-ethyl adjacent to an activating group) is 1. The number of Topliss-reactive ketones (excluding diaryl/α,β-unsaturated/α-hetero) is 1. The fourth-order valence-electron chi connectivity index (χ4n) is 6.13. The third-order valence-electron chi connectivity index (χ3n) is 7.92. The van der Waals surface area contributed by atoms with Crippen LogP contribution >= 0.6 is 0 Å². The van der Waals surface area contributed by atoms with Crippen molar-refractivity contribution in [2.24, 2.45) is 5.41 Å². The fourth-order valence-corrected chi connectivity index (χ4v) is 6.13. The van der Waals surface area contributed by atoms with Crippen LogP contribution < -0.4 is 0 Å². The van der Waals surface area contributed by atoms with E-state index < -0.39 is 77.3 Å². The number of hydrogen-bond donors (Lipinski definition) is 1. The van der Waals surface area contributed by atoms with Crippen molar-refractivity contribution in [3.8, 4) is 0 Å². The molecule has 11 nitrogen and oxygen atoms in total. The van der Waals surface area contributed by atoms with Crippen LogP contribution in [0.3, 0.4) is 0 Å². The second-order valence-corrected chi connectivity index (χ2v) is 10.1. The smallest absolute Gasteiger partial charge is 0.303 e. The van der Waals surface area contributed by atoms with Crippen molar-refractivity contribution < 1.29 is 43.3 Å². The molecule has 2 amide bonds. The van der Waals surface area contributed by atoms with E-state index in [-0.39, 0.29) is 18.6 Å². The zero-order chi connectivity index (χ0) is 24.7. The van der Waals surface area contributed by atoms with Crippen LogP contribution in [0, 0.1) is 5.41 Å². The second-order valence-electron chi connectivity index (χ2n) is 10.1. The minimum Gasteiger partial charge on any atom is -0.455 e. The molecule has 0 aromatic heterocycles. The number of ketones is 1. The lowest BCUT2D eigenvalue weighted by Gasteiger charge is -2.42. The molecule has 1 spiro atoms. The van der Waals surface area contributed by atoms with Crippen molar-refractivity contribution in [1.29, 1.82) is 0 Å². The van der Waals surface area contributed by atoms with E-state index in [4.69, 9.17) is 14.2 Å². The Morgan fingerprint density at radius 2 is 1.76 bits per heavy atom. The van der Waals surface area contributed by atoms with Crippen LogP contribution in [0.4, 0.5) is 0 Å². The molecule has 4 aliphatic rings. The number of ether oxygens (including phenoxy) is 3. The number of esters is 2. The summed E-state index contributed by atoms with van der Waals surface area (Å²) in [5.74, 6) is -2.71. The molecule has 0 radical (unpaired) electrons. The van der Waals surface area contributed by atoms with Crippen molar-refractivity contribution in [2.75, 3.05) is 13.7 Å². The maximum absolute atomic E-state index is 13.7. The van der Waals surface area contributed by atoms with E-state index in [2.05, 4.69) is 0 Å². The number of nitrogens with zero attached hydrogens (tertiary/aromatic N) is 2. The minimum absolute atomic E-state index is 0.109. The quantitative estimate of drug-likeness (QED) is 0.528. The Balaban J connectivity index is 1.90. The van der Waals surface area contributed by atoms with E-state index in [0.29, 0.717) is 0 Å². The zero-order valence-electron chi connectivity index (χ0n) is 19.6. The standard InChI is InChI=1S/C22H30N2O9/c1-10-20(4,5)18(30)22(32-10)8-15-21(33-12(3)27,19(22)31-11(2)26)7-13-16(28)23(6)14(9-25)17(29)24(13)15/h10,13-15,19,25H,7-9H2,1-6H3/t10-,13+,14+,15-,19+,21+,22+/m1/s1. The van der Waals surface area contributed by atoms with Gasteiger partial charge in [-0.05, 0) is 6.92 Å². The van der Waals surface area contributed by atoms with Crippen molar-refractivity contribution in [3.05, 3.63) is 0 Å². The molecule has 0 aromatic rings. The fraction of sp³-hybridized carbons (Fsp3) is 0.773. The Labute approximate surface area is 191 Å². The SMILES string of the molecule is CC(=O)O[C@H]1[C@]2(OC(C)=O)C[C@H]3C(=O)N(C)[C@@H](CO)C(=O)N3[C@@H]2C[C@@]12O[C@H](C)C(C)(C)C2=O. The molecular weight excluding hydrogens is 436 g/mol. The molecular formula is C22H30N2O9. The van der Waals surface area contributed by atoms with Crippen molar-refractivity contribution in [3.63, 3.8) is 0 Å². The average molecular weight is 466 g/mol. The van der Waals surface area contributed by atoms with Gasteiger partial charge in [-0.2, -0.15) is 0 Å². The number of hydrogen-bond acceptors (Lipinski definition) is 9. The predicted octanol–water partition coefficient (Wildman–Crippen LogP) is -0.821. The number of rotatable bonds is 3. The molecule has 3 saturated heterocycles. The van der Waals surface area contributed by atoms with Gasteiger partial charge < -0.3 is 29.1 Å². The highest BCUT2D eigenvalue weighted by atomic mass is 16.6. The Bertz CT molecular complexity index is 948. The molecule has 1 N–H and O–H groups in total. The van der Waals surface area contributed by atoms with Crippen LogP contribution in [0.15, 0.2) is 0 Å². The number of aliphatic hydroxyl groups is 1. The monoisotopic (exact) mass is 466 g/mol. The molecule has 3 aliphatic heterocycles. The molecule has 4 rings (SSSR count). The molecule has 0 unspecified atom stereocenters. The Morgan fingerprint density at radius 1 is 1.12 bits per heavy atom. The molecule has 0 bridgehead atoms. The number of piperazine rings is 1. The van der Waals surface area contributed by atoms with Crippen LogP contribution in [0.25, 0.3) is 0 Å². The van der Waals surface area contributed by atoms with Gasteiger partial charge >= 0.3 is 11.9 Å². The highest BCUT2D eigenvalue weighted by molar-refractivity contribution is 6.00. The van der Waals surface area contributed by atoms with E-state index in [1.165, 1.54) is 30.7 Å². The van der Waals surface area contributed by atoms with E-state index in [0.717, 1.165) is 0 Å². The lowest BCUT2D eigenvalue weighted by molar-refractivity contribution is -0.202. The number of carbonyl (C=O) groups is 5. The van der Waals surface area contributed by atoms with Crippen LogP contribution in [0.5, 0.6) is 0 Å². The van der Waals surface area contributed by atoms with Gasteiger partial charge in [-0.15, -0.1) is 0 Å². The summed E-state index contributed by atoms with van der Waals surface area (Å²) in [4.78, 5) is 67.1. The maximum Gasteiger partial charge on any atom is 0.303 e. The number of carbonyl (C=O) groups excluding carboxylic acids is 5. The van der Waals surface area contributed by atoms with Gasteiger partial charge in [-0.1, -0.05) is 13.8 Å². The van der Waals surface area contributed by atoms with Gasteiger partial charge in [0.1, 0.15) is 12.1 Å². The van der Waals surface area contributed by atoms with Crippen LogP contribution in [0.2, 0.25) is 0 Å². The van der Waals surface area contributed by atoms with Crippen molar-refractivity contribution in [1.82, 2.24) is 9.80 Å². The Kier molecular flexibility index (Phi) is 5.18. The summed E-state index contributed by atoms with van der Waals surface area (Å²) in [7, 11) is 1.42. The molecule has 4 fully saturated rings. The molecule has 7 atom stereocenters. The lowest BCUT2D eigenvalue weighted by Crippen LogP contribution is -2.64. The largest absolute Gasteiger partial charge is 0.455 e. The van der Waals surface area contributed by atoms with Crippen LogP contribution in [0.1, 0.15) is 47.5 Å². The minimum atomic E-state index is -1.66. The summed E-state index contributed by atoms with van der Waals surface area (Å²) in [6.45, 7) is 6.94. The topological polar surface area (TPSA) is 140 Å². The summed E-state index contributed by atoms with van der Waals surface area (Å²) in [5, 5.41) is 9.77. The summed E-state index contributed by atoms with van der Waals surface area (Å²) in [6.07, 6.45) is -2.16.